The maximum Gasteiger partial charge on any atom is 0.389 e. The minimum atomic E-state index is -4.22. The Morgan fingerprint density at radius 3 is 2.72 bits per heavy atom. The summed E-state index contributed by atoms with van der Waals surface area (Å²) in [5.41, 5.74) is 1.52. The third-order valence-corrected chi connectivity index (χ3v) is 5.87. The summed E-state index contributed by atoms with van der Waals surface area (Å²) >= 11 is 1.16. The van der Waals surface area contributed by atoms with Crippen molar-refractivity contribution in [3.8, 4) is 0 Å². The van der Waals surface area contributed by atoms with Gasteiger partial charge in [0.2, 0.25) is 0 Å². The molecular formula is C18H22F3N5O2S. The van der Waals surface area contributed by atoms with E-state index in [-0.39, 0.29) is 24.8 Å². The number of hydrogen-bond donors (Lipinski definition) is 0. The van der Waals surface area contributed by atoms with E-state index in [4.69, 9.17) is 0 Å². The van der Waals surface area contributed by atoms with Crippen molar-refractivity contribution in [1.29, 1.82) is 0 Å². The van der Waals surface area contributed by atoms with Crippen LogP contribution in [0.15, 0.2) is 12.4 Å². The van der Waals surface area contributed by atoms with E-state index in [9.17, 15) is 22.8 Å². The van der Waals surface area contributed by atoms with Crippen molar-refractivity contribution in [1.82, 2.24) is 19.7 Å². The van der Waals surface area contributed by atoms with Gasteiger partial charge in [-0.2, -0.15) is 18.3 Å². The number of aromatic nitrogens is 3. The topological polar surface area (TPSA) is 71.3 Å². The Labute approximate surface area is 170 Å². The lowest BCUT2D eigenvalue weighted by atomic mass is 10.1. The van der Waals surface area contributed by atoms with Crippen LogP contribution in [0.4, 0.5) is 23.1 Å². The zero-order chi connectivity index (χ0) is 21.2. The van der Waals surface area contributed by atoms with E-state index < -0.39 is 12.6 Å². The van der Waals surface area contributed by atoms with Gasteiger partial charge in [-0.25, -0.2) is 9.78 Å². The van der Waals surface area contributed by atoms with E-state index in [2.05, 4.69) is 10.1 Å². The van der Waals surface area contributed by atoms with Crippen molar-refractivity contribution >= 4 is 28.3 Å². The van der Waals surface area contributed by atoms with Crippen LogP contribution in [-0.2, 0) is 13.5 Å². The molecule has 0 unspecified atom stereocenters. The van der Waals surface area contributed by atoms with Crippen molar-refractivity contribution in [3.05, 3.63) is 28.5 Å². The molecule has 7 nitrogen and oxygen atoms in total. The van der Waals surface area contributed by atoms with Crippen molar-refractivity contribution in [3.63, 3.8) is 0 Å². The van der Waals surface area contributed by atoms with Gasteiger partial charge in [0.05, 0.1) is 16.8 Å². The van der Waals surface area contributed by atoms with E-state index in [0.717, 1.165) is 16.9 Å². The molecule has 2 aromatic heterocycles. The second kappa shape index (κ2) is 8.52. The van der Waals surface area contributed by atoms with Gasteiger partial charge in [0, 0.05) is 45.7 Å². The summed E-state index contributed by atoms with van der Waals surface area (Å²) in [4.78, 5) is 32.8. The summed E-state index contributed by atoms with van der Waals surface area (Å²) in [6, 6.07) is -0.365. The first-order chi connectivity index (χ1) is 13.6. The quantitative estimate of drug-likeness (QED) is 0.602. The Bertz CT molecular complexity index is 892. The lowest BCUT2D eigenvalue weighted by Crippen LogP contribution is -2.32. The number of hydrogen-bond acceptors (Lipinski definition) is 5. The number of aryl methyl sites for hydroxylation is 3. The van der Waals surface area contributed by atoms with Gasteiger partial charge in [0.15, 0.2) is 10.9 Å². The van der Waals surface area contributed by atoms with Gasteiger partial charge < -0.3 is 4.90 Å². The van der Waals surface area contributed by atoms with Crippen LogP contribution in [0.1, 0.15) is 40.2 Å². The Hall–Kier alpha value is -2.43. The van der Waals surface area contributed by atoms with Crippen LogP contribution in [0.3, 0.4) is 0 Å². The molecule has 0 radical (unpaired) electrons. The highest BCUT2D eigenvalue weighted by atomic mass is 32.1. The van der Waals surface area contributed by atoms with E-state index in [0.29, 0.717) is 41.6 Å². The first-order valence-electron chi connectivity index (χ1n) is 9.25. The summed E-state index contributed by atoms with van der Waals surface area (Å²) < 4.78 is 38.6. The largest absolute Gasteiger partial charge is 0.389 e. The summed E-state index contributed by atoms with van der Waals surface area (Å²) in [6.45, 7) is 2.47. The molecule has 0 spiro atoms. The number of anilines is 1. The first-order valence-corrected chi connectivity index (χ1v) is 10.1. The fourth-order valence-corrected chi connectivity index (χ4v) is 4.22. The molecule has 0 atom stereocenters. The fourth-order valence-electron chi connectivity index (χ4n) is 3.17. The monoisotopic (exact) mass is 429 g/mol. The van der Waals surface area contributed by atoms with Gasteiger partial charge >= 0.3 is 12.2 Å². The molecule has 3 rings (SSSR count). The molecule has 1 fully saturated rings. The number of thiazole rings is 1. The Balaban J connectivity index is 1.59. The van der Waals surface area contributed by atoms with Gasteiger partial charge in [0.1, 0.15) is 0 Å². The maximum absolute atomic E-state index is 12.6. The smallest absolute Gasteiger partial charge is 0.322 e. The molecule has 158 valence electrons. The number of ketones is 1. The molecule has 0 bridgehead atoms. The van der Waals surface area contributed by atoms with E-state index in [1.54, 1.807) is 17.8 Å². The fraction of sp³-hybridized carbons (Fsp3) is 0.556. The highest BCUT2D eigenvalue weighted by molar-refractivity contribution is 7.17. The van der Waals surface area contributed by atoms with Gasteiger partial charge in [-0.15, -0.1) is 0 Å². The van der Waals surface area contributed by atoms with Crippen molar-refractivity contribution in [2.45, 2.75) is 38.8 Å². The third kappa shape index (κ3) is 5.34. The molecule has 1 saturated heterocycles. The molecule has 1 aliphatic rings. The standard InChI is InChI=1S/C18H22F3N5O2S/c1-12-15(14(27)5-4-13-10-22-24(2)11-13)29-16(23-12)26-9-8-25(17(26)28)7-3-6-18(19,20)21/h10-11H,3-9H2,1-2H3. The molecular weight excluding hydrogens is 407 g/mol. The second-order valence-electron chi connectivity index (χ2n) is 7.00. The average molecular weight is 429 g/mol. The number of Topliss-reactive ketones (excluding diaryl/α,β-unsaturated/α-hetero) is 1. The van der Waals surface area contributed by atoms with Gasteiger partial charge in [0.25, 0.3) is 0 Å². The minimum absolute atomic E-state index is 0.0517. The average Bonchev–Trinajstić information content (AvgIpc) is 3.31. The van der Waals surface area contributed by atoms with E-state index in [1.807, 2.05) is 13.2 Å². The summed E-state index contributed by atoms with van der Waals surface area (Å²) in [6.07, 6.45) is -0.815. The van der Waals surface area contributed by atoms with Crippen molar-refractivity contribution < 1.29 is 22.8 Å². The molecule has 11 heteroatoms. The van der Waals surface area contributed by atoms with Gasteiger partial charge in [-0.3, -0.25) is 14.4 Å². The normalized spacial score (nSPS) is 14.9. The van der Waals surface area contributed by atoms with Crippen molar-refractivity contribution in [2.24, 2.45) is 7.05 Å². The van der Waals surface area contributed by atoms with E-state index in [1.165, 1.54) is 9.80 Å². The molecule has 0 aromatic carbocycles. The number of urea groups is 1. The van der Waals surface area contributed by atoms with Crippen LogP contribution in [0.25, 0.3) is 0 Å². The zero-order valence-corrected chi connectivity index (χ0v) is 17.0. The third-order valence-electron chi connectivity index (χ3n) is 4.65. The minimum Gasteiger partial charge on any atom is -0.322 e. The summed E-state index contributed by atoms with van der Waals surface area (Å²) in [7, 11) is 1.81. The lowest BCUT2D eigenvalue weighted by Gasteiger charge is -2.17. The molecule has 0 saturated carbocycles. The predicted molar refractivity (Wildman–Crippen MR) is 102 cm³/mol. The second-order valence-corrected chi connectivity index (χ2v) is 7.97. The zero-order valence-electron chi connectivity index (χ0n) is 16.2. The molecule has 0 N–H and O–H groups in total. The highest BCUT2D eigenvalue weighted by Gasteiger charge is 2.33. The van der Waals surface area contributed by atoms with Crippen LogP contribution in [0.2, 0.25) is 0 Å². The van der Waals surface area contributed by atoms with Crippen LogP contribution < -0.4 is 4.90 Å². The summed E-state index contributed by atoms with van der Waals surface area (Å²) in [5, 5.41) is 4.49. The van der Waals surface area contributed by atoms with Crippen LogP contribution in [0.5, 0.6) is 0 Å². The SMILES string of the molecule is Cc1nc(N2CCN(CCCC(F)(F)F)C2=O)sc1C(=O)CCc1cnn(C)c1. The molecule has 1 aliphatic heterocycles. The summed E-state index contributed by atoms with van der Waals surface area (Å²) in [5.74, 6) is -0.0521. The first kappa shape index (κ1) is 21.3. The Kier molecular flexibility index (Phi) is 6.25. The number of amides is 2. The number of nitrogens with zero attached hydrogens (tertiary/aromatic N) is 5. The molecule has 2 amide bonds. The molecule has 3 heterocycles. The van der Waals surface area contributed by atoms with Crippen LogP contribution >= 0.6 is 11.3 Å². The maximum atomic E-state index is 12.6. The molecule has 2 aromatic rings. The number of halogens is 3. The number of carbonyl (C=O) groups excluding carboxylic acids is 2. The Morgan fingerprint density at radius 2 is 2.07 bits per heavy atom. The predicted octanol–water partition coefficient (Wildman–Crippen LogP) is 3.59. The van der Waals surface area contributed by atoms with Crippen LogP contribution in [-0.4, -0.2) is 57.3 Å². The van der Waals surface area contributed by atoms with Crippen LogP contribution in [0, 0.1) is 6.92 Å². The number of carbonyl (C=O) groups is 2. The molecule has 29 heavy (non-hydrogen) atoms. The van der Waals surface area contributed by atoms with Crippen molar-refractivity contribution in [2.75, 3.05) is 24.5 Å². The Morgan fingerprint density at radius 1 is 1.31 bits per heavy atom. The number of rotatable bonds is 8. The lowest BCUT2D eigenvalue weighted by molar-refractivity contribution is -0.135. The molecule has 0 aliphatic carbocycles. The van der Waals surface area contributed by atoms with Gasteiger partial charge in [-0.1, -0.05) is 11.3 Å². The van der Waals surface area contributed by atoms with E-state index >= 15 is 0 Å². The number of alkyl halides is 3. The van der Waals surface area contributed by atoms with Gasteiger partial charge in [-0.05, 0) is 25.3 Å². The highest BCUT2D eigenvalue weighted by Crippen LogP contribution is 2.30.